The van der Waals surface area contributed by atoms with Crippen molar-refractivity contribution in [3.63, 3.8) is 0 Å². The first-order chi connectivity index (χ1) is 19.2. The number of benzene rings is 2. The molecule has 0 aliphatic carbocycles. The lowest BCUT2D eigenvalue weighted by Gasteiger charge is -2.37. The van der Waals surface area contributed by atoms with Crippen LogP contribution in [0, 0.1) is 0 Å². The van der Waals surface area contributed by atoms with Crippen molar-refractivity contribution in [2.75, 3.05) is 0 Å². The molecule has 1 unspecified atom stereocenters. The van der Waals surface area contributed by atoms with Gasteiger partial charge in [-0.25, -0.2) is 19.4 Å². The lowest BCUT2D eigenvalue weighted by molar-refractivity contribution is -0.220. The van der Waals surface area contributed by atoms with Crippen LogP contribution in [0.25, 0.3) is 22.3 Å². The Morgan fingerprint density at radius 2 is 1.85 bits per heavy atom. The highest BCUT2D eigenvalue weighted by molar-refractivity contribution is 5.88. The van der Waals surface area contributed by atoms with Crippen LogP contribution in [0.1, 0.15) is 40.4 Å². The number of hydrogen-bond acceptors (Lipinski definition) is 8. The van der Waals surface area contributed by atoms with Gasteiger partial charge in [-0.05, 0) is 48.9 Å². The molecule has 4 heterocycles. The van der Waals surface area contributed by atoms with Gasteiger partial charge in [0, 0.05) is 16.5 Å². The molecule has 2 aliphatic heterocycles. The predicted molar refractivity (Wildman–Crippen MR) is 139 cm³/mol. The number of hydrogen-bond donors (Lipinski definition) is 2. The number of pyridine rings is 2. The number of carbonyl (C=O) groups is 3. The summed E-state index contributed by atoms with van der Waals surface area (Å²) in [5.41, 5.74) is 0.650. The third-order valence-corrected chi connectivity index (χ3v) is 7.24. The normalized spacial score (nSPS) is 17.9. The van der Waals surface area contributed by atoms with Gasteiger partial charge in [0.1, 0.15) is 12.4 Å². The Balaban J connectivity index is 1.44. The molecule has 40 heavy (non-hydrogen) atoms. The first-order valence-corrected chi connectivity index (χ1v) is 12.5. The van der Waals surface area contributed by atoms with E-state index in [1.807, 2.05) is 30.3 Å². The van der Waals surface area contributed by atoms with Crippen LogP contribution < -0.4 is 10.3 Å². The van der Waals surface area contributed by atoms with E-state index in [1.54, 1.807) is 17.6 Å². The van der Waals surface area contributed by atoms with Gasteiger partial charge in [0.25, 0.3) is 5.56 Å². The van der Waals surface area contributed by atoms with Crippen LogP contribution in [-0.4, -0.2) is 44.0 Å². The van der Waals surface area contributed by atoms with Crippen LogP contribution in [-0.2, 0) is 37.8 Å². The number of rotatable bonds is 7. The molecule has 0 radical (unpaired) electrons. The third kappa shape index (κ3) is 3.90. The van der Waals surface area contributed by atoms with Crippen molar-refractivity contribution < 1.29 is 38.8 Å². The Kier molecular flexibility index (Phi) is 5.88. The number of aromatic carboxylic acids is 1. The molecule has 0 saturated heterocycles. The van der Waals surface area contributed by atoms with Crippen molar-refractivity contribution >= 4 is 28.8 Å². The highest BCUT2D eigenvalue weighted by Crippen LogP contribution is 2.41. The zero-order valence-electron chi connectivity index (χ0n) is 21.1. The molecule has 2 atom stereocenters. The maximum absolute atomic E-state index is 13.7. The van der Waals surface area contributed by atoms with Gasteiger partial charge in [-0.2, -0.15) is 0 Å². The molecule has 11 heteroatoms. The van der Waals surface area contributed by atoms with Crippen LogP contribution in [0.3, 0.4) is 0 Å². The lowest BCUT2D eigenvalue weighted by Crippen LogP contribution is -2.50. The van der Waals surface area contributed by atoms with Gasteiger partial charge in [-0.1, -0.05) is 25.1 Å². The second-order valence-electron chi connectivity index (χ2n) is 9.49. The molecule has 0 fully saturated rings. The number of carboxylic acid groups (broad SMARTS) is 2. The molecule has 202 valence electrons. The summed E-state index contributed by atoms with van der Waals surface area (Å²) >= 11 is 0. The Morgan fingerprint density at radius 1 is 1.10 bits per heavy atom. The van der Waals surface area contributed by atoms with E-state index >= 15 is 0 Å². The molecule has 0 saturated carbocycles. The second-order valence-corrected chi connectivity index (χ2v) is 9.49. The summed E-state index contributed by atoms with van der Waals surface area (Å²) in [6.07, 6.45) is -2.05. The number of esters is 1. The summed E-state index contributed by atoms with van der Waals surface area (Å²) < 4.78 is 18.3. The van der Waals surface area contributed by atoms with Crippen molar-refractivity contribution in [2.45, 2.75) is 38.4 Å². The summed E-state index contributed by atoms with van der Waals surface area (Å²) in [6, 6.07) is 16.2. The molecular weight excluding hydrogens is 520 g/mol. The third-order valence-electron chi connectivity index (χ3n) is 7.24. The van der Waals surface area contributed by atoms with E-state index in [2.05, 4.69) is 0 Å². The molecule has 2 aliphatic rings. The van der Waals surface area contributed by atoms with Crippen LogP contribution in [0.2, 0.25) is 0 Å². The van der Waals surface area contributed by atoms with Crippen LogP contribution >= 0.6 is 0 Å². The fourth-order valence-electron chi connectivity index (χ4n) is 5.22. The average molecular weight is 543 g/mol. The van der Waals surface area contributed by atoms with Gasteiger partial charge in [-0.15, -0.1) is 0 Å². The number of carbonyl (C=O) groups excluding carboxylic acids is 1. The molecule has 2 aromatic heterocycles. The van der Waals surface area contributed by atoms with Crippen LogP contribution in [0.4, 0.5) is 0 Å². The Hall–Kier alpha value is -5.03. The Labute approximate surface area is 226 Å². The summed E-state index contributed by atoms with van der Waals surface area (Å²) in [7, 11) is 0. The van der Waals surface area contributed by atoms with Crippen molar-refractivity contribution in [2.24, 2.45) is 0 Å². The molecule has 2 aromatic carbocycles. The van der Waals surface area contributed by atoms with E-state index in [4.69, 9.17) is 24.3 Å². The number of fused-ring (bicyclic) bond motifs is 5. The minimum Gasteiger partial charge on any atom is -0.478 e. The van der Waals surface area contributed by atoms with E-state index in [0.717, 1.165) is 16.5 Å². The first kappa shape index (κ1) is 25.3. The number of nitrogens with zero attached hydrogens (tertiary/aromatic N) is 2. The molecule has 0 bridgehead atoms. The molecule has 11 nitrogen and oxygen atoms in total. The SMILES string of the molecule is CC[C@@]1(OC(Oc2ccc(C(=O)O)cc2)C(=O)O)C(=O)OCc2c1cc1n(c2=O)Cc2cc3ccccc3nc2-1. The molecular formula is C29H22N2O9. The Bertz CT molecular complexity index is 1780. The molecule has 4 aromatic rings. The number of para-hydroxylation sites is 1. The van der Waals surface area contributed by atoms with Crippen molar-refractivity contribution in [3.05, 3.63) is 93.3 Å². The zero-order valence-corrected chi connectivity index (χ0v) is 21.1. The van der Waals surface area contributed by atoms with Gasteiger partial charge in [0.15, 0.2) is 5.60 Å². The number of cyclic esters (lactones) is 1. The van der Waals surface area contributed by atoms with E-state index < -0.39 is 29.8 Å². The Morgan fingerprint density at radius 3 is 2.55 bits per heavy atom. The fourth-order valence-corrected chi connectivity index (χ4v) is 5.22. The van der Waals surface area contributed by atoms with E-state index in [1.165, 1.54) is 24.3 Å². The van der Waals surface area contributed by atoms with Gasteiger partial charge < -0.3 is 29.0 Å². The quantitative estimate of drug-likeness (QED) is 0.231. The minimum absolute atomic E-state index is 0.00656. The fraction of sp³-hybridized carbons (Fsp3) is 0.207. The molecule has 6 rings (SSSR count). The zero-order chi connectivity index (χ0) is 28.2. The average Bonchev–Trinajstić information content (AvgIpc) is 3.31. The maximum atomic E-state index is 13.7. The van der Waals surface area contributed by atoms with Gasteiger partial charge in [-0.3, -0.25) is 4.79 Å². The summed E-state index contributed by atoms with van der Waals surface area (Å²) in [5.74, 6) is -3.54. The maximum Gasteiger partial charge on any atom is 0.373 e. The van der Waals surface area contributed by atoms with Gasteiger partial charge in [0.2, 0.25) is 0 Å². The van der Waals surface area contributed by atoms with E-state index in [-0.39, 0.29) is 47.6 Å². The van der Waals surface area contributed by atoms with Crippen LogP contribution in [0.5, 0.6) is 5.75 Å². The molecule has 0 amide bonds. The smallest absolute Gasteiger partial charge is 0.373 e. The largest absolute Gasteiger partial charge is 0.478 e. The predicted octanol–water partition coefficient (Wildman–Crippen LogP) is 3.29. The molecule has 0 spiro atoms. The lowest BCUT2D eigenvalue weighted by atomic mass is 9.85. The number of carboxylic acids is 2. The van der Waals surface area contributed by atoms with E-state index in [9.17, 15) is 24.3 Å². The van der Waals surface area contributed by atoms with E-state index in [0.29, 0.717) is 11.4 Å². The topological polar surface area (TPSA) is 154 Å². The van der Waals surface area contributed by atoms with Gasteiger partial charge >= 0.3 is 24.2 Å². The minimum atomic E-state index is -1.99. The van der Waals surface area contributed by atoms with Gasteiger partial charge in [0.05, 0.1) is 34.6 Å². The highest BCUT2D eigenvalue weighted by Gasteiger charge is 2.51. The number of aromatic nitrogens is 2. The number of aliphatic carboxylic acids is 1. The summed E-state index contributed by atoms with van der Waals surface area (Å²) in [5, 5.41) is 20.0. The standard InChI is InChI=1S/C29H22N2O9/c1-2-29(40-27(26(35)36)39-18-9-7-15(8-10-18)25(33)34)20-12-22-23-17(11-16-5-3-4-6-21(16)30-23)13-31(22)24(32)19(20)14-38-28(29)37/h3-12,27H,2,13-14H2,1H3,(H,33,34)(H,35,36)/t27?,29-/m0/s1. The first-order valence-electron chi connectivity index (χ1n) is 12.5. The summed E-state index contributed by atoms with van der Waals surface area (Å²) in [4.78, 5) is 55.1. The van der Waals surface area contributed by atoms with Crippen molar-refractivity contribution in [3.8, 4) is 17.1 Å². The second kappa shape index (κ2) is 9.31. The van der Waals surface area contributed by atoms with Crippen molar-refractivity contribution in [1.29, 1.82) is 0 Å². The monoisotopic (exact) mass is 542 g/mol. The molecule has 2 N–H and O–H groups in total. The highest BCUT2D eigenvalue weighted by atomic mass is 16.7. The van der Waals surface area contributed by atoms with Crippen LogP contribution in [0.15, 0.2) is 65.5 Å². The number of ether oxygens (including phenoxy) is 3. The summed E-state index contributed by atoms with van der Waals surface area (Å²) in [6.45, 7) is 1.61. The van der Waals surface area contributed by atoms with Crippen molar-refractivity contribution in [1.82, 2.24) is 9.55 Å².